The van der Waals surface area contributed by atoms with E-state index >= 15 is 0 Å². The molecule has 1 heterocycles. The highest BCUT2D eigenvalue weighted by molar-refractivity contribution is 5.74. The Hall–Kier alpha value is -0.730. The van der Waals surface area contributed by atoms with Crippen LogP contribution in [0.1, 0.15) is 59.3 Å². The Kier molecular flexibility index (Phi) is 4.18. The third kappa shape index (κ3) is 3.39. The van der Waals surface area contributed by atoms with E-state index in [0.717, 1.165) is 31.8 Å². The second-order valence-electron chi connectivity index (χ2n) is 7.06. The normalized spacial score (nSPS) is 26.4. The maximum atomic E-state index is 12.1. The third-order valence-corrected chi connectivity index (χ3v) is 4.67. The molecule has 1 aliphatic heterocycles. The van der Waals surface area contributed by atoms with Crippen molar-refractivity contribution in [3.63, 3.8) is 0 Å². The maximum absolute atomic E-state index is 12.1. The number of hydrogen-bond acceptors (Lipinski definition) is 1. The zero-order valence-electron chi connectivity index (χ0n) is 12.2. The summed E-state index contributed by atoms with van der Waals surface area (Å²) in [7, 11) is 0. The standard InChI is InChI=1S/C15H28N2O/c1-15(2,3)12-6-5-10-17(11-9-12)14(18)16-13-7-4-8-13/h12-13H,4-11H2,1-3H3,(H,16,18). The fourth-order valence-corrected chi connectivity index (χ4v) is 2.98. The van der Waals surface area contributed by atoms with Crippen LogP contribution in [0.4, 0.5) is 4.79 Å². The van der Waals surface area contributed by atoms with Gasteiger partial charge in [0.1, 0.15) is 0 Å². The number of nitrogens with zero attached hydrogens (tertiary/aromatic N) is 1. The number of amides is 2. The maximum Gasteiger partial charge on any atom is 0.317 e. The van der Waals surface area contributed by atoms with Crippen LogP contribution in [0.2, 0.25) is 0 Å². The van der Waals surface area contributed by atoms with Crippen LogP contribution < -0.4 is 5.32 Å². The first-order valence-corrected chi connectivity index (χ1v) is 7.52. The number of nitrogens with one attached hydrogen (secondary N) is 1. The van der Waals surface area contributed by atoms with Crippen LogP contribution >= 0.6 is 0 Å². The molecule has 0 aromatic heterocycles. The molecular weight excluding hydrogens is 224 g/mol. The van der Waals surface area contributed by atoms with E-state index in [-0.39, 0.29) is 6.03 Å². The summed E-state index contributed by atoms with van der Waals surface area (Å²) >= 11 is 0. The topological polar surface area (TPSA) is 32.3 Å². The van der Waals surface area contributed by atoms with Crippen LogP contribution in [0.25, 0.3) is 0 Å². The summed E-state index contributed by atoms with van der Waals surface area (Å²) in [6, 6.07) is 0.633. The first kappa shape index (κ1) is 13.7. The van der Waals surface area contributed by atoms with Gasteiger partial charge in [0.15, 0.2) is 0 Å². The molecule has 2 fully saturated rings. The number of hydrogen-bond donors (Lipinski definition) is 1. The quantitative estimate of drug-likeness (QED) is 0.762. The predicted octanol–water partition coefficient (Wildman–Crippen LogP) is 3.40. The van der Waals surface area contributed by atoms with Crippen LogP contribution in [-0.4, -0.2) is 30.1 Å². The molecule has 1 saturated carbocycles. The van der Waals surface area contributed by atoms with Crippen molar-refractivity contribution >= 4 is 6.03 Å². The summed E-state index contributed by atoms with van der Waals surface area (Å²) in [4.78, 5) is 14.2. The molecule has 0 spiro atoms. The van der Waals surface area contributed by atoms with Gasteiger partial charge in [-0.15, -0.1) is 0 Å². The number of carbonyl (C=O) groups is 1. The number of carbonyl (C=O) groups excluding carboxylic acids is 1. The highest BCUT2D eigenvalue weighted by atomic mass is 16.2. The van der Waals surface area contributed by atoms with Crippen LogP contribution in [-0.2, 0) is 0 Å². The Morgan fingerprint density at radius 3 is 2.33 bits per heavy atom. The number of likely N-dealkylation sites (tertiary alicyclic amines) is 1. The number of urea groups is 1. The molecule has 0 radical (unpaired) electrons. The van der Waals surface area contributed by atoms with Crippen molar-refractivity contribution < 1.29 is 4.79 Å². The van der Waals surface area contributed by atoms with E-state index in [4.69, 9.17) is 0 Å². The van der Waals surface area contributed by atoms with E-state index in [1.807, 2.05) is 4.90 Å². The third-order valence-electron chi connectivity index (χ3n) is 4.67. The van der Waals surface area contributed by atoms with Gasteiger partial charge >= 0.3 is 6.03 Å². The van der Waals surface area contributed by atoms with Gasteiger partial charge in [-0.25, -0.2) is 4.79 Å². The van der Waals surface area contributed by atoms with Crippen LogP contribution in [0.15, 0.2) is 0 Å². The SMILES string of the molecule is CC(C)(C)C1CCCN(C(=O)NC2CCC2)CC1. The lowest BCUT2D eigenvalue weighted by Crippen LogP contribution is -2.47. The average Bonchev–Trinajstić information content (AvgIpc) is 2.47. The molecule has 2 aliphatic rings. The second kappa shape index (κ2) is 5.50. The van der Waals surface area contributed by atoms with Gasteiger partial charge in [0.05, 0.1) is 0 Å². The van der Waals surface area contributed by atoms with E-state index in [2.05, 4.69) is 26.1 Å². The molecule has 1 aliphatic carbocycles. The Morgan fingerprint density at radius 2 is 1.78 bits per heavy atom. The fourth-order valence-electron chi connectivity index (χ4n) is 2.98. The predicted molar refractivity (Wildman–Crippen MR) is 74.5 cm³/mol. The summed E-state index contributed by atoms with van der Waals surface area (Å²) in [6.45, 7) is 8.83. The van der Waals surface area contributed by atoms with E-state index in [9.17, 15) is 4.79 Å². The minimum Gasteiger partial charge on any atom is -0.335 e. The summed E-state index contributed by atoms with van der Waals surface area (Å²) in [5, 5.41) is 3.15. The van der Waals surface area contributed by atoms with Gasteiger partial charge in [0.25, 0.3) is 0 Å². The minimum absolute atomic E-state index is 0.175. The van der Waals surface area contributed by atoms with E-state index in [1.54, 1.807) is 0 Å². The number of rotatable bonds is 1. The Bertz CT molecular complexity index is 291. The van der Waals surface area contributed by atoms with Crippen LogP contribution in [0.5, 0.6) is 0 Å². The molecule has 104 valence electrons. The van der Waals surface area contributed by atoms with Crippen molar-refractivity contribution in [3.05, 3.63) is 0 Å². The first-order valence-electron chi connectivity index (χ1n) is 7.52. The molecule has 2 rings (SSSR count). The largest absolute Gasteiger partial charge is 0.335 e. The molecular formula is C15H28N2O. The zero-order chi connectivity index (χ0) is 13.2. The van der Waals surface area contributed by atoms with Crippen molar-refractivity contribution in [2.45, 2.75) is 65.3 Å². The summed E-state index contributed by atoms with van der Waals surface area (Å²) < 4.78 is 0. The van der Waals surface area contributed by atoms with E-state index in [1.165, 1.54) is 25.7 Å². The van der Waals surface area contributed by atoms with Gasteiger partial charge in [-0.05, 0) is 49.9 Å². The molecule has 1 saturated heterocycles. The Morgan fingerprint density at radius 1 is 1.06 bits per heavy atom. The van der Waals surface area contributed by atoms with Gasteiger partial charge in [0, 0.05) is 19.1 Å². The van der Waals surface area contributed by atoms with Gasteiger partial charge in [-0.3, -0.25) is 0 Å². The van der Waals surface area contributed by atoms with Crippen molar-refractivity contribution in [1.29, 1.82) is 0 Å². The van der Waals surface area contributed by atoms with Crippen molar-refractivity contribution in [2.75, 3.05) is 13.1 Å². The van der Waals surface area contributed by atoms with Gasteiger partial charge in [-0.2, -0.15) is 0 Å². The van der Waals surface area contributed by atoms with E-state index in [0.29, 0.717) is 11.5 Å². The lowest BCUT2D eigenvalue weighted by atomic mass is 9.77. The lowest BCUT2D eigenvalue weighted by Gasteiger charge is -2.31. The highest BCUT2D eigenvalue weighted by Gasteiger charge is 2.29. The van der Waals surface area contributed by atoms with Gasteiger partial charge in [0.2, 0.25) is 0 Å². The van der Waals surface area contributed by atoms with Crippen molar-refractivity contribution in [3.8, 4) is 0 Å². The Labute approximate surface area is 111 Å². The second-order valence-corrected chi connectivity index (χ2v) is 7.06. The molecule has 3 nitrogen and oxygen atoms in total. The first-order chi connectivity index (χ1) is 8.47. The lowest BCUT2D eigenvalue weighted by molar-refractivity contribution is 0.182. The molecule has 0 aromatic rings. The molecule has 1 N–H and O–H groups in total. The highest BCUT2D eigenvalue weighted by Crippen LogP contribution is 2.34. The monoisotopic (exact) mass is 252 g/mol. The summed E-state index contributed by atoms with van der Waals surface area (Å²) in [5.74, 6) is 0.749. The van der Waals surface area contributed by atoms with Crippen LogP contribution in [0, 0.1) is 11.3 Å². The molecule has 18 heavy (non-hydrogen) atoms. The molecule has 0 bridgehead atoms. The molecule has 3 heteroatoms. The molecule has 2 amide bonds. The fraction of sp³-hybridized carbons (Fsp3) is 0.933. The van der Waals surface area contributed by atoms with Gasteiger partial charge in [-0.1, -0.05) is 20.8 Å². The zero-order valence-corrected chi connectivity index (χ0v) is 12.2. The smallest absolute Gasteiger partial charge is 0.317 e. The summed E-state index contributed by atoms with van der Waals surface area (Å²) in [6.07, 6.45) is 7.18. The Balaban J connectivity index is 1.82. The van der Waals surface area contributed by atoms with Gasteiger partial charge < -0.3 is 10.2 Å². The van der Waals surface area contributed by atoms with E-state index < -0.39 is 0 Å². The molecule has 1 unspecified atom stereocenters. The summed E-state index contributed by atoms with van der Waals surface area (Å²) in [5.41, 5.74) is 0.375. The van der Waals surface area contributed by atoms with Crippen molar-refractivity contribution in [2.24, 2.45) is 11.3 Å². The molecule has 1 atom stereocenters. The average molecular weight is 252 g/mol. The van der Waals surface area contributed by atoms with Crippen molar-refractivity contribution in [1.82, 2.24) is 10.2 Å². The van der Waals surface area contributed by atoms with Crippen LogP contribution in [0.3, 0.4) is 0 Å². The minimum atomic E-state index is 0.175. The molecule has 0 aromatic carbocycles.